The standard InChI is InChI=1S/C22H30N2O5S/c1-5-28-19-8-6-18(7-9-19)24-30(26,27)20-10-11-21(17(4)14-20)29-15-22(25)23-13-12-16(2)3/h6-11,14,16,24H,5,12-13,15H2,1-4H3,(H,23,25). The number of carbonyl (C=O) groups is 1. The van der Waals surface area contributed by atoms with Crippen LogP contribution in [0, 0.1) is 12.8 Å². The van der Waals surface area contributed by atoms with Gasteiger partial charge in [0.15, 0.2) is 6.61 Å². The quantitative estimate of drug-likeness (QED) is 0.562. The summed E-state index contributed by atoms with van der Waals surface area (Å²) in [5.74, 6) is 1.45. The van der Waals surface area contributed by atoms with E-state index < -0.39 is 10.0 Å². The minimum atomic E-state index is -3.75. The van der Waals surface area contributed by atoms with Gasteiger partial charge in [-0.15, -0.1) is 0 Å². The summed E-state index contributed by atoms with van der Waals surface area (Å²) in [6.07, 6.45) is 0.901. The molecule has 0 aliphatic rings. The predicted octanol–water partition coefficient (Wildman–Crippen LogP) is 3.74. The van der Waals surface area contributed by atoms with E-state index in [2.05, 4.69) is 23.9 Å². The summed E-state index contributed by atoms with van der Waals surface area (Å²) in [4.78, 5) is 12.0. The molecule has 0 saturated heterocycles. The van der Waals surface area contributed by atoms with Crippen LogP contribution in [0.4, 0.5) is 5.69 Å². The van der Waals surface area contributed by atoms with Crippen molar-refractivity contribution in [1.82, 2.24) is 5.32 Å². The fourth-order valence-electron chi connectivity index (χ4n) is 2.65. The monoisotopic (exact) mass is 434 g/mol. The zero-order chi connectivity index (χ0) is 22.1. The van der Waals surface area contributed by atoms with E-state index in [9.17, 15) is 13.2 Å². The lowest BCUT2D eigenvalue weighted by molar-refractivity contribution is -0.123. The highest BCUT2D eigenvalue weighted by molar-refractivity contribution is 7.92. The maximum atomic E-state index is 12.7. The summed E-state index contributed by atoms with van der Waals surface area (Å²) in [6, 6.07) is 11.2. The molecule has 0 atom stereocenters. The molecular weight excluding hydrogens is 404 g/mol. The Kier molecular flexibility index (Phi) is 8.53. The first-order chi connectivity index (χ1) is 14.2. The molecule has 2 N–H and O–H groups in total. The molecule has 0 radical (unpaired) electrons. The lowest BCUT2D eigenvalue weighted by Gasteiger charge is -2.13. The topological polar surface area (TPSA) is 93.7 Å². The van der Waals surface area contributed by atoms with Crippen molar-refractivity contribution in [2.45, 2.75) is 39.0 Å². The van der Waals surface area contributed by atoms with E-state index in [1.54, 1.807) is 37.3 Å². The first-order valence-corrected chi connectivity index (χ1v) is 11.5. The number of anilines is 1. The summed E-state index contributed by atoms with van der Waals surface area (Å²) in [5.41, 5.74) is 1.06. The number of sulfonamides is 1. The molecule has 2 rings (SSSR count). The van der Waals surface area contributed by atoms with E-state index >= 15 is 0 Å². The minimum absolute atomic E-state index is 0.114. The number of ether oxygens (including phenoxy) is 2. The number of aryl methyl sites for hydroxylation is 1. The van der Waals surface area contributed by atoms with Gasteiger partial charge in [-0.1, -0.05) is 13.8 Å². The molecule has 1 amide bonds. The summed E-state index contributed by atoms with van der Waals surface area (Å²) >= 11 is 0. The average Bonchev–Trinajstić information content (AvgIpc) is 2.68. The fourth-order valence-corrected chi connectivity index (χ4v) is 3.79. The maximum Gasteiger partial charge on any atom is 0.261 e. The Labute approximate surface area is 178 Å². The highest BCUT2D eigenvalue weighted by Crippen LogP contribution is 2.24. The molecule has 0 spiro atoms. The Balaban J connectivity index is 1.98. The van der Waals surface area contributed by atoms with Gasteiger partial charge in [0.25, 0.3) is 15.9 Å². The molecular formula is C22H30N2O5S. The van der Waals surface area contributed by atoms with E-state index in [1.807, 2.05) is 6.92 Å². The number of hydrogen-bond donors (Lipinski definition) is 2. The molecule has 8 heteroatoms. The van der Waals surface area contributed by atoms with Crippen molar-refractivity contribution in [3.63, 3.8) is 0 Å². The third kappa shape index (κ3) is 7.26. The molecule has 0 fully saturated rings. The second-order valence-corrected chi connectivity index (χ2v) is 8.99. The van der Waals surface area contributed by atoms with Crippen molar-refractivity contribution in [2.75, 3.05) is 24.5 Å². The molecule has 7 nitrogen and oxygen atoms in total. The SMILES string of the molecule is CCOc1ccc(NS(=O)(=O)c2ccc(OCC(=O)NCCC(C)C)c(C)c2)cc1. The van der Waals surface area contributed by atoms with Crippen LogP contribution >= 0.6 is 0 Å². The van der Waals surface area contributed by atoms with Gasteiger partial charge in [-0.3, -0.25) is 9.52 Å². The lowest BCUT2D eigenvalue weighted by Crippen LogP contribution is -2.30. The molecule has 0 aliphatic heterocycles. The van der Waals surface area contributed by atoms with Gasteiger partial charge < -0.3 is 14.8 Å². The minimum Gasteiger partial charge on any atom is -0.494 e. The fraction of sp³-hybridized carbons (Fsp3) is 0.409. The number of hydrogen-bond acceptors (Lipinski definition) is 5. The molecule has 0 heterocycles. The highest BCUT2D eigenvalue weighted by atomic mass is 32.2. The molecule has 2 aromatic rings. The van der Waals surface area contributed by atoms with Crippen molar-refractivity contribution >= 4 is 21.6 Å². The number of nitrogens with one attached hydrogen (secondary N) is 2. The molecule has 0 bridgehead atoms. The molecule has 0 saturated carbocycles. The van der Waals surface area contributed by atoms with Gasteiger partial charge in [-0.2, -0.15) is 0 Å². The third-order valence-electron chi connectivity index (χ3n) is 4.28. The van der Waals surface area contributed by atoms with Gasteiger partial charge in [0.05, 0.1) is 11.5 Å². The average molecular weight is 435 g/mol. The van der Waals surface area contributed by atoms with Gasteiger partial charge in [0.1, 0.15) is 11.5 Å². The smallest absolute Gasteiger partial charge is 0.261 e. The second-order valence-electron chi connectivity index (χ2n) is 7.31. The van der Waals surface area contributed by atoms with E-state index in [1.165, 1.54) is 12.1 Å². The van der Waals surface area contributed by atoms with Crippen LogP contribution in [-0.4, -0.2) is 34.1 Å². The van der Waals surface area contributed by atoms with Crippen molar-refractivity contribution in [1.29, 1.82) is 0 Å². The van der Waals surface area contributed by atoms with Crippen molar-refractivity contribution < 1.29 is 22.7 Å². The van der Waals surface area contributed by atoms with Gasteiger partial charge in [-0.25, -0.2) is 8.42 Å². The van der Waals surface area contributed by atoms with Crippen molar-refractivity contribution in [3.8, 4) is 11.5 Å². The Hall–Kier alpha value is -2.74. The summed E-state index contributed by atoms with van der Waals surface area (Å²) < 4.78 is 38.8. The van der Waals surface area contributed by atoms with E-state index in [0.717, 1.165) is 6.42 Å². The highest BCUT2D eigenvalue weighted by Gasteiger charge is 2.16. The summed E-state index contributed by atoms with van der Waals surface area (Å²) in [7, 11) is -3.75. The Morgan fingerprint density at radius 3 is 2.37 bits per heavy atom. The summed E-state index contributed by atoms with van der Waals surface area (Å²) in [5, 5.41) is 2.80. The maximum absolute atomic E-state index is 12.7. The van der Waals surface area contributed by atoms with Crippen LogP contribution < -0.4 is 19.5 Å². The first kappa shape index (κ1) is 23.5. The van der Waals surface area contributed by atoms with Crippen LogP contribution in [0.5, 0.6) is 11.5 Å². The molecule has 164 valence electrons. The van der Waals surface area contributed by atoms with E-state index in [-0.39, 0.29) is 17.4 Å². The molecule has 0 unspecified atom stereocenters. The number of amides is 1. The van der Waals surface area contributed by atoms with E-state index in [4.69, 9.17) is 9.47 Å². The normalized spacial score (nSPS) is 11.2. The van der Waals surface area contributed by atoms with Crippen LogP contribution in [0.1, 0.15) is 32.8 Å². The van der Waals surface area contributed by atoms with Crippen LogP contribution in [0.25, 0.3) is 0 Å². The number of benzene rings is 2. The van der Waals surface area contributed by atoms with Crippen LogP contribution in [0.3, 0.4) is 0 Å². The second kappa shape index (κ2) is 10.9. The largest absolute Gasteiger partial charge is 0.494 e. The van der Waals surface area contributed by atoms with Gasteiger partial charge in [0, 0.05) is 12.2 Å². The number of carbonyl (C=O) groups excluding carboxylic acids is 1. The first-order valence-electron chi connectivity index (χ1n) is 9.97. The Bertz CT molecular complexity index is 941. The summed E-state index contributed by atoms with van der Waals surface area (Å²) in [6.45, 7) is 8.83. The lowest BCUT2D eigenvalue weighted by atomic mass is 10.1. The number of rotatable bonds is 11. The van der Waals surface area contributed by atoms with Gasteiger partial charge >= 0.3 is 0 Å². The molecule has 0 aliphatic carbocycles. The Morgan fingerprint density at radius 1 is 1.07 bits per heavy atom. The van der Waals surface area contributed by atoms with Crippen LogP contribution in [0.15, 0.2) is 47.4 Å². The van der Waals surface area contributed by atoms with Gasteiger partial charge in [-0.05, 0) is 74.2 Å². The molecule has 0 aromatic heterocycles. The third-order valence-corrected chi connectivity index (χ3v) is 5.66. The zero-order valence-electron chi connectivity index (χ0n) is 17.9. The Morgan fingerprint density at radius 2 is 1.77 bits per heavy atom. The zero-order valence-corrected chi connectivity index (χ0v) is 18.7. The molecule has 2 aromatic carbocycles. The van der Waals surface area contributed by atoms with Crippen molar-refractivity contribution in [3.05, 3.63) is 48.0 Å². The predicted molar refractivity (Wildman–Crippen MR) is 118 cm³/mol. The van der Waals surface area contributed by atoms with Crippen LogP contribution in [-0.2, 0) is 14.8 Å². The molecule has 30 heavy (non-hydrogen) atoms. The van der Waals surface area contributed by atoms with Gasteiger partial charge in [0.2, 0.25) is 0 Å². The van der Waals surface area contributed by atoms with E-state index in [0.29, 0.717) is 41.8 Å². The van der Waals surface area contributed by atoms with Crippen LogP contribution in [0.2, 0.25) is 0 Å². The van der Waals surface area contributed by atoms with Crippen molar-refractivity contribution in [2.24, 2.45) is 5.92 Å².